The van der Waals surface area contributed by atoms with Gasteiger partial charge in [0.1, 0.15) is 5.75 Å². The molecule has 15 heavy (non-hydrogen) atoms. The fourth-order valence-electron chi connectivity index (χ4n) is 1.24. The first kappa shape index (κ1) is 12.9. The number of halogens is 1. The number of ether oxygens (including phenoxy) is 1. The lowest BCUT2D eigenvalue weighted by Crippen LogP contribution is -1.97. The number of rotatable bonds is 7. The molecule has 0 atom stereocenters. The second-order valence-corrected chi connectivity index (χ2v) is 4.95. The van der Waals surface area contributed by atoms with Gasteiger partial charge < -0.3 is 4.74 Å². The fourth-order valence-corrected chi connectivity index (χ4v) is 2.04. The smallest absolute Gasteiger partial charge is 0.119 e. The minimum absolute atomic E-state index is 0.825. The van der Waals surface area contributed by atoms with Crippen molar-refractivity contribution in [2.45, 2.75) is 24.2 Å². The van der Waals surface area contributed by atoms with Crippen LogP contribution in [0.3, 0.4) is 0 Å². The second-order valence-electron chi connectivity index (χ2n) is 3.27. The average Bonchev–Trinajstić information content (AvgIpc) is 2.30. The molecule has 0 aromatic heterocycles. The van der Waals surface area contributed by atoms with Crippen molar-refractivity contribution in [1.29, 1.82) is 0 Å². The van der Waals surface area contributed by atoms with Gasteiger partial charge in [-0.15, -0.1) is 11.8 Å². The Kier molecular flexibility index (Phi) is 6.94. The van der Waals surface area contributed by atoms with Crippen molar-refractivity contribution < 1.29 is 4.74 Å². The van der Waals surface area contributed by atoms with Crippen LogP contribution in [0.2, 0.25) is 0 Å². The van der Waals surface area contributed by atoms with Gasteiger partial charge in [0.05, 0.1) is 6.61 Å². The quantitative estimate of drug-likeness (QED) is 0.419. The highest BCUT2D eigenvalue weighted by atomic mass is 79.9. The topological polar surface area (TPSA) is 9.23 Å². The highest BCUT2D eigenvalue weighted by molar-refractivity contribution is 9.09. The summed E-state index contributed by atoms with van der Waals surface area (Å²) in [6.07, 6.45) is 5.68. The molecule has 0 heterocycles. The Balaban J connectivity index is 2.20. The number of benzene rings is 1. The summed E-state index contributed by atoms with van der Waals surface area (Å²) in [5, 5.41) is 1.09. The SMILES string of the molecule is CSc1ccc(OCCCCCBr)cc1. The second kappa shape index (κ2) is 8.05. The summed E-state index contributed by atoms with van der Waals surface area (Å²) in [6, 6.07) is 8.27. The maximum absolute atomic E-state index is 5.63. The van der Waals surface area contributed by atoms with E-state index in [1.165, 1.54) is 17.7 Å². The maximum atomic E-state index is 5.63. The molecule has 0 saturated carbocycles. The Morgan fingerprint density at radius 3 is 2.47 bits per heavy atom. The van der Waals surface area contributed by atoms with Crippen molar-refractivity contribution in [3.8, 4) is 5.75 Å². The van der Waals surface area contributed by atoms with Crippen LogP contribution in [0, 0.1) is 0 Å². The first-order valence-corrected chi connectivity index (χ1v) is 7.54. The first-order chi connectivity index (χ1) is 7.36. The van der Waals surface area contributed by atoms with Crippen LogP contribution in [-0.4, -0.2) is 18.2 Å². The van der Waals surface area contributed by atoms with E-state index < -0.39 is 0 Å². The fraction of sp³-hybridized carbons (Fsp3) is 0.500. The van der Waals surface area contributed by atoms with Crippen molar-refractivity contribution in [2.75, 3.05) is 18.2 Å². The van der Waals surface area contributed by atoms with Crippen molar-refractivity contribution in [1.82, 2.24) is 0 Å². The van der Waals surface area contributed by atoms with Crippen LogP contribution in [0.4, 0.5) is 0 Å². The summed E-state index contributed by atoms with van der Waals surface area (Å²) in [4.78, 5) is 1.28. The molecule has 3 heteroatoms. The molecule has 1 aromatic rings. The van der Waals surface area contributed by atoms with E-state index in [1.807, 2.05) is 12.1 Å². The maximum Gasteiger partial charge on any atom is 0.119 e. The molecule has 1 aromatic carbocycles. The van der Waals surface area contributed by atoms with Gasteiger partial charge in [0.2, 0.25) is 0 Å². The molecule has 0 fully saturated rings. The summed E-state index contributed by atoms with van der Waals surface area (Å²) in [5.74, 6) is 0.978. The highest BCUT2D eigenvalue weighted by Gasteiger charge is 1.94. The number of unbranched alkanes of at least 4 members (excludes halogenated alkanes) is 2. The van der Waals surface area contributed by atoms with Crippen LogP contribution in [0.5, 0.6) is 5.75 Å². The molecule has 0 unspecified atom stereocenters. The van der Waals surface area contributed by atoms with Gasteiger partial charge >= 0.3 is 0 Å². The molecule has 84 valence electrons. The number of hydrogen-bond acceptors (Lipinski definition) is 2. The average molecular weight is 289 g/mol. The van der Waals surface area contributed by atoms with Crippen LogP contribution in [0.25, 0.3) is 0 Å². The van der Waals surface area contributed by atoms with Crippen LogP contribution < -0.4 is 4.74 Å². The monoisotopic (exact) mass is 288 g/mol. The zero-order chi connectivity index (χ0) is 10.9. The van der Waals surface area contributed by atoms with Crippen molar-refractivity contribution in [2.24, 2.45) is 0 Å². The van der Waals surface area contributed by atoms with Crippen LogP contribution >= 0.6 is 27.7 Å². The number of alkyl halides is 1. The van der Waals surface area contributed by atoms with E-state index in [0.717, 1.165) is 24.1 Å². The first-order valence-electron chi connectivity index (χ1n) is 5.19. The van der Waals surface area contributed by atoms with Gasteiger partial charge in [-0.1, -0.05) is 15.9 Å². The van der Waals surface area contributed by atoms with Crippen molar-refractivity contribution in [3.05, 3.63) is 24.3 Å². The summed E-state index contributed by atoms with van der Waals surface area (Å²) in [5.41, 5.74) is 0. The standard InChI is InChI=1S/C12H17BrOS/c1-15-12-7-5-11(6-8-12)14-10-4-2-3-9-13/h5-8H,2-4,9-10H2,1H3. The molecule has 0 aliphatic heterocycles. The third kappa shape index (κ3) is 5.47. The lowest BCUT2D eigenvalue weighted by atomic mass is 10.3. The molecular weight excluding hydrogens is 272 g/mol. The molecule has 0 bridgehead atoms. The third-order valence-electron chi connectivity index (χ3n) is 2.11. The van der Waals surface area contributed by atoms with Gasteiger partial charge in [-0.05, 0) is 49.8 Å². The van der Waals surface area contributed by atoms with E-state index in [-0.39, 0.29) is 0 Å². The molecule has 1 rings (SSSR count). The Hall–Kier alpha value is -0.150. The van der Waals surface area contributed by atoms with E-state index in [4.69, 9.17) is 4.74 Å². The molecule has 1 nitrogen and oxygen atoms in total. The Bertz CT molecular complexity index is 261. The lowest BCUT2D eigenvalue weighted by molar-refractivity contribution is 0.306. The Labute approximate surface area is 105 Å². The van der Waals surface area contributed by atoms with Crippen LogP contribution in [0.1, 0.15) is 19.3 Å². The molecule has 0 N–H and O–H groups in total. The predicted octanol–water partition coefficient (Wildman–Crippen LogP) is 4.35. The van der Waals surface area contributed by atoms with Gasteiger partial charge in [-0.2, -0.15) is 0 Å². The van der Waals surface area contributed by atoms with E-state index in [9.17, 15) is 0 Å². The molecule has 0 aliphatic carbocycles. The van der Waals surface area contributed by atoms with Crippen molar-refractivity contribution in [3.63, 3.8) is 0 Å². The summed E-state index contributed by atoms with van der Waals surface area (Å²) in [6.45, 7) is 0.825. The molecule has 0 amide bonds. The van der Waals surface area contributed by atoms with Gasteiger partial charge in [-0.25, -0.2) is 0 Å². The summed E-state index contributed by atoms with van der Waals surface area (Å²) in [7, 11) is 0. The van der Waals surface area contributed by atoms with Gasteiger partial charge in [0, 0.05) is 10.2 Å². The van der Waals surface area contributed by atoms with E-state index in [1.54, 1.807) is 11.8 Å². The van der Waals surface area contributed by atoms with Gasteiger partial charge in [-0.3, -0.25) is 0 Å². The van der Waals surface area contributed by atoms with Crippen LogP contribution in [-0.2, 0) is 0 Å². The number of thioether (sulfide) groups is 1. The minimum Gasteiger partial charge on any atom is -0.494 e. The van der Waals surface area contributed by atoms with Crippen LogP contribution in [0.15, 0.2) is 29.2 Å². The predicted molar refractivity (Wildman–Crippen MR) is 71.4 cm³/mol. The molecule has 0 aliphatic rings. The molecule has 0 spiro atoms. The van der Waals surface area contributed by atoms with Gasteiger partial charge in [0.15, 0.2) is 0 Å². The third-order valence-corrected chi connectivity index (χ3v) is 3.41. The van der Waals surface area contributed by atoms with E-state index >= 15 is 0 Å². The van der Waals surface area contributed by atoms with E-state index in [0.29, 0.717) is 0 Å². The highest BCUT2D eigenvalue weighted by Crippen LogP contribution is 2.19. The molecule has 0 saturated heterocycles. The summed E-state index contributed by atoms with van der Waals surface area (Å²) < 4.78 is 5.63. The van der Waals surface area contributed by atoms with Crippen molar-refractivity contribution >= 4 is 27.7 Å². The number of hydrogen-bond donors (Lipinski definition) is 0. The Morgan fingerprint density at radius 2 is 1.87 bits per heavy atom. The lowest BCUT2D eigenvalue weighted by Gasteiger charge is -2.06. The summed E-state index contributed by atoms with van der Waals surface area (Å²) >= 11 is 5.17. The zero-order valence-electron chi connectivity index (χ0n) is 9.04. The molecular formula is C12H17BrOS. The van der Waals surface area contributed by atoms with Gasteiger partial charge in [0.25, 0.3) is 0 Å². The largest absolute Gasteiger partial charge is 0.494 e. The Morgan fingerprint density at radius 1 is 1.13 bits per heavy atom. The van der Waals surface area contributed by atoms with E-state index in [2.05, 4.69) is 34.3 Å². The normalized spacial score (nSPS) is 10.3. The zero-order valence-corrected chi connectivity index (χ0v) is 11.4. The minimum atomic E-state index is 0.825. The molecule has 0 radical (unpaired) electrons.